The molecule has 0 aliphatic heterocycles. The van der Waals surface area contributed by atoms with Gasteiger partial charge < -0.3 is 19.9 Å². The van der Waals surface area contributed by atoms with E-state index in [9.17, 15) is 9.59 Å². The summed E-state index contributed by atoms with van der Waals surface area (Å²) in [4.78, 5) is 23.3. The monoisotopic (exact) mass is 459 g/mol. The zero-order valence-corrected chi connectivity index (χ0v) is 19.7. The van der Waals surface area contributed by atoms with Crippen molar-refractivity contribution in [2.24, 2.45) is 0 Å². The van der Waals surface area contributed by atoms with Gasteiger partial charge in [0.25, 0.3) is 0 Å². The summed E-state index contributed by atoms with van der Waals surface area (Å²) in [5.74, 6) is 0.552. The molecule has 0 atom stereocenters. The summed E-state index contributed by atoms with van der Waals surface area (Å²) in [6, 6.07) is 19.9. The number of amides is 1. The summed E-state index contributed by atoms with van der Waals surface area (Å²) in [6.45, 7) is 1.54. The van der Waals surface area contributed by atoms with E-state index in [-0.39, 0.29) is 12.3 Å². The molecule has 0 aromatic heterocycles. The minimum Gasteiger partial charge on any atom is -0.496 e. The average molecular weight is 460 g/mol. The molecule has 6 heteroatoms. The second kappa shape index (κ2) is 9.59. The molecular formula is C28H29NO5. The Hall–Kier alpha value is -3.80. The molecule has 0 fully saturated rings. The molecule has 0 bridgehead atoms. The molecule has 176 valence electrons. The fourth-order valence-corrected chi connectivity index (χ4v) is 5.00. The predicted octanol–water partition coefficient (Wildman–Crippen LogP) is 4.71. The molecule has 1 aliphatic rings. The van der Waals surface area contributed by atoms with Crippen LogP contribution in [0.2, 0.25) is 0 Å². The predicted molar refractivity (Wildman–Crippen MR) is 130 cm³/mol. The Kier molecular flexibility index (Phi) is 6.59. The first-order valence-electron chi connectivity index (χ1n) is 11.3. The lowest BCUT2D eigenvalue weighted by Crippen LogP contribution is -2.45. The van der Waals surface area contributed by atoms with Crippen molar-refractivity contribution < 1.29 is 24.2 Å². The Bertz CT molecular complexity index is 1160. The molecule has 0 unspecified atom stereocenters. The van der Waals surface area contributed by atoms with Crippen molar-refractivity contribution in [2.75, 3.05) is 14.2 Å². The van der Waals surface area contributed by atoms with Crippen molar-refractivity contribution in [3.05, 3.63) is 82.9 Å². The highest BCUT2D eigenvalue weighted by atomic mass is 16.5. The topological polar surface area (TPSA) is 84.9 Å². The molecule has 2 N–H and O–H groups in total. The van der Waals surface area contributed by atoms with Crippen LogP contribution in [0, 0.1) is 0 Å². The Labute approximate surface area is 199 Å². The number of carboxylic acid groups (broad SMARTS) is 1. The zero-order chi connectivity index (χ0) is 24.3. The Morgan fingerprint density at radius 3 is 1.76 bits per heavy atom. The van der Waals surface area contributed by atoms with Crippen LogP contribution in [0.5, 0.6) is 11.5 Å². The van der Waals surface area contributed by atoms with E-state index in [1.807, 2.05) is 60.7 Å². The van der Waals surface area contributed by atoms with Gasteiger partial charge in [-0.25, -0.2) is 0 Å². The van der Waals surface area contributed by atoms with Crippen molar-refractivity contribution in [2.45, 2.75) is 38.1 Å². The highest BCUT2D eigenvalue weighted by Gasteiger charge is 2.46. The van der Waals surface area contributed by atoms with Gasteiger partial charge in [-0.1, -0.05) is 48.5 Å². The zero-order valence-electron chi connectivity index (χ0n) is 19.7. The van der Waals surface area contributed by atoms with E-state index < -0.39 is 11.5 Å². The van der Waals surface area contributed by atoms with Gasteiger partial charge in [0, 0.05) is 24.5 Å². The molecule has 0 saturated carbocycles. The van der Waals surface area contributed by atoms with Gasteiger partial charge in [0.05, 0.1) is 19.8 Å². The summed E-state index contributed by atoms with van der Waals surface area (Å²) in [5.41, 5.74) is 5.23. The summed E-state index contributed by atoms with van der Waals surface area (Å²) in [5, 5.41) is 12.2. The number of carboxylic acids is 1. The van der Waals surface area contributed by atoms with Crippen LogP contribution in [0.15, 0.2) is 60.7 Å². The third-order valence-electron chi connectivity index (χ3n) is 6.49. The first kappa shape index (κ1) is 23.4. The van der Waals surface area contributed by atoms with Crippen molar-refractivity contribution in [3.63, 3.8) is 0 Å². The number of carbonyl (C=O) groups is 2. The molecule has 3 aromatic rings. The molecule has 0 saturated heterocycles. The average Bonchev–Trinajstić information content (AvgIpc) is 3.11. The first-order chi connectivity index (χ1) is 16.4. The van der Waals surface area contributed by atoms with Gasteiger partial charge >= 0.3 is 5.97 Å². The highest BCUT2D eigenvalue weighted by Crippen LogP contribution is 2.56. The third-order valence-corrected chi connectivity index (χ3v) is 6.49. The molecule has 0 spiro atoms. The van der Waals surface area contributed by atoms with Crippen LogP contribution in [0.25, 0.3) is 11.1 Å². The standard InChI is InChI=1S/C28H29NO5/c1-18(30)29-28(17-16-20-12-10-19(11-13-20)14-15-25(31)32)21-6-4-8-23(33-2)26(21)27-22(28)7-5-9-24(27)34-3/h4-13H,14-17H2,1-3H3,(H,29,30)(H,31,32). The van der Waals surface area contributed by atoms with E-state index in [1.165, 1.54) is 6.92 Å². The lowest BCUT2D eigenvalue weighted by molar-refractivity contribution is -0.137. The summed E-state index contributed by atoms with van der Waals surface area (Å²) >= 11 is 0. The van der Waals surface area contributed by atoms with Crippen molar-refractivity contribution >= 4 is 11.9 Å². The Morgan fingerprint density at radius 1 is 0.824 bits per heavy atom. The number of methoxy groups -OCH3 is 2. The van der Waals surface area contributed by atoms with E-state index in [4.69, 9.17) is 14.6 Å². The van der Waals surface area contributed by atoms with Crippen LogP contribution in [0.1, 0.15) is 42.0 Å². The molecule has 3 aromatic carbocycles. The van der Waals surface area contributed by atoms with E-state index in [2.05, 4.69) is 5.32 Å². The second-order valence-corrected chi connectivity index (χ2v) is 8.56. The third kappa shape index (κ3) is 4.23. The molecule has 34 heavy (non-hydrogen) atoms. The van der Waals surface area contributed by atoms with E-state index in [0.717, 1.165) is 44.9 Å². The van der Waals surface area contributed by atoms with Gasteiger partial charge in [-0.3, -0.25) is 9.59 Å². The van der Waals surface area contributed by atoms with Crippen LogP contribution in [0.3, 0.4) is 0 Å². The number of nitrogens with one attached hydrogen (secondary N) is 1. The Balaban J connectivity index is 1.76. The minimum absolute atomic E-state index is 0.113. The lowest BCUT2D eigenvalue weighted by Gasteiger charge is -2.33. The number of aliphatic carboxylic acids is 1. The smallest absolute Gasteiger partial charge is 0.303 e. The van der Waals surface area contributed by atoms with Gasteiger partial charge in [-0.15, -0.1) is 0 Å². The quantitative estimate of drug-likeness (QED) is 0.484. The fraction of sp³-hybridized carbons (Fsp3) is 0.286. The van der Waals surface area contributed by atoms with Crippen LogP contribution in [-0.2, 0) is 28.0 Å². The normalized spacial score (nSPS) is 13.0. The maximum atomic E-state index is 12.5. The minimum atomic E-state index is -0.800. The number of benzene rings is 3. The number of aryl methyl sites for hydroxylation is 2. The first-order valence-corrected chi connectivity index (χ1v) is 11.3. The van der Waals surface area contributed by atoms with E-state index in [0.29, 0.717) is 19.3 Å². The SMILES string of the molecule is COc1cccc2c1-c1c(OC)cccc1C2(CCc1ccc(CCC(=O)O)cc1)NC(C)=O. The summed E-state index contributed by atoms with van der Waals surface area (Å²) in [6.07, 6.45) is 1.97. The van der Waals surface area contributed by atoms with E-state index in [1.54, 1.807) is 14.2 Å². The van der Waals surface area contributed by atoms with Crippen molar-refractivity contribution in [1.82, 2.24) is 5.32 Å². The molecule has 4 rings (SSSR count). The number of carbonyl (C=O) groups excluding carboxylic acids is 1. The van der Waals surface area contributed by atoms with Crippen molar-refractivity contribution in [3.8, 4) is 22.6 Å². The van der Waals surface area contributed by atoms with Gasteiger partial charge in [0.15, 0.2) is 0 Å². The molecule has 6 nitrogen and oxygen atoms in total. The molecule has 1 aliphatic carbocycles. The summed E-state index contributed by atoms with van der Waals surface area (Å²) < 4.78 is 11.4. The largest absolute Gasteiger partial charge is 0.496 e. The van der Waals surface area contributed by atoms with Crippen LogP contribution in [-0.4, -0.2) is 31.2 Å². The highest BCUT2D eigenvalue weighted by molar-refractivity contribution is 5.91. The van der Waals surface area contributed by atoms with Crippen molar-refractivity contribution in [1.29, 1.82) is 0 Å². The molecule has 0 radical (unpaired) electrons. The van der Waals surface area contributed by atoms with Gasteiger partial charge in [0.1, 0.15) is 11.5 Å². The van der Waals surface area contributed by atoms with Crippen LogP contribution < -0.4 is 14.8 Å². The summed E-state index contributed by atoms with van der Waals surface area (Å²) in [7, 11) is 3.30. The second-order valence-electron chi connectivity index (χ2n) is 8.56. The van der Waals surface area contributed by atoms with E-state index >= 15 is 0 Å². The number of ether oxygens (including phenoxy) is 2. The number of hydrogen-bond donors (Lipinski definition) is 2. The molecule has 0 heterocycles. The van der Waals surface area contributed by atoms with Crippen LogP contribution >= 0.6 is 0 Å². The van der Waals surface area contributed by atoms with Crippen LogP contribution in [0.4, 0.5) is 0 Å². The maximum Gasteiger partial charge on any atom is 0.303 e. The lowest BCUT2D eigenvalue weighted by atomic mass is 9.81. The number of rotatable bonds is 9. The fourth-order valence-electron chi connectivity index (χ4n) is 5.00. The molecular weight excluding hydrogens is 430 g/mol. The van der Waals surface area contributed by atoms with Gasteiger partial charge in [0.2, 0.25) is 5.91 Å². The van der Waals surface area contributed by atoms with Gasteiger partial charge in [-0.2, -0.15) is 0 Å². The Morgan fingerprint density at radius 2 is 1.32 bits per heavy atom. The van der Waals surface area contributed by atoms with Gasteiger partial charge in [-0.05, 0) is 53.6 Å². The molecule has 1 amide bonds. The number of fused-ring (bicyclic) bond motifs is 3. The maximum absolute atomic E-state index is 12.5. The number of hydrogen-bond acceptors (Lipinski definition) is 4.